The SMILES string of the molecule is C[C@H]1CCCCN1CCCNC(=O)CCCN1C(=O)CCn2nc(-c3cccn3C)cc21. The van der Waals surface area contributed by atoms with Gasteiger partial charge in [0, 0.05) is 57.8 Å². The largest absolute Gasteiger partial charge is 0.356 e. The Balaban J connectivity index is 1.23. The van der Waals surface area contributed by atoms with Crippen LogP contribution in [0.3, 0.4) is 0 Å². The fourth-order valence-electron chi connectivity index (χ4n) is 4.83. The van der Waals surface area contributed by atoms with Gasteiger partial charge in [0.15, 0.2) is 0 Å². The minimum absolute atomic E-state index is 0.0687. The number of carbonyl (C=O) groups excluding carboxylic acids is 2. The fourth-order valence-corrected chi connectivity index (χ4v) is 4.83. The zero-order valence-electron chi connectivity index (χ0n) is 19.4. The molecular weight excluding hydrogens is 404 g/mol. The summed E-state index contributed by atoms with van der Waals surface area (Å²) in [4.78, 5) is 29.2. The summed E-state index contributed by atoms with van der Waals surface area (Å²) >= 11 is 0. The van der Waals surface area contributed by atoms with Gasteiger partial charge in [-0.1, -0.05) is 6.42 Å². The lowest BCUT2D eigenvalue weighted by atomic mass is 10.0. The van der Waals surface area contributed by atoms with Crippen LogP contribution < -0.4 is 10.2 Å². The summed E-state index contributed by atoms with van der Waals surface area (Å²) in [5.74, 6) is 1.000. The summed E-state index contributed by atoms with van der Waals surface area (Å²) in [6.45, 7) is 6.39. The van der Waals surface area contributed by atoms with Gasteiger partial charge in [0.25, 0.3) is 0 Å². The van der Waals surface area contributed by atoms with E-state index in [1.54, 1.807) is 4.90 Å². The maximum Gasteiger partial charge on any atom is 0.229 e. The molecule has 1 fully saturated rings. The highest BCUT2D eigenvalue weighted by atomic mass is 16.2. The number of likely N-dealkylation sites (tertiary alicyclic amines) is 1. The monoisotopic (exact) mass is 440 g/mol. The van der Waals surface area contributed by atoms with Gasteiger partial charge in [-0.3, -0.25) is 14.5 Å². The molecule has 0 unspecified atom stereocenters. The van der Waals surface area contributed by atoms with Crippen LogP contribution in [0.4, 0.5) is 5.82 Å². The molecule has 1 saturated heterocycles. The molecule has 8 heteroatoms. The van der Waals surface area contributed by atoms with Gasteiger partial charge in [-0.25, -0.2) is 4.68 Å². The van der Waals surface area contributed by atoms with Gasteiger partial charge in [-0.2, -0.15) is 5.10 Å². The molecule has 4 heterocycles. The lowest BCUT2D eigenvalue weighted by Gasteiger charge is -2.33. The highest BCUT2D eigenvalue weighted by molar-refractivity contribution is 5.94. The second-order valence-corrected chi connectivity index (χ2v) is 9.10. The Hall–Kier alpha value is -2.61. The van der Waals surface area contributed by atoms with Crippen LogP contribution in [-0.2, 0) is 23.2 Å². The summed E-state index contributed by atoms with van der Waals surface area (Å²) in [5, 5.41) is 7.74. The molecule has 2 aromatic heterocycles. The van der Waals surface area contributed by atoms with Crippen molar-refractivity contribution in [3.63, 3.8) is 0 Å². The highest BCUT2D eigenvalue weighted by Gasteiger charge is 2.26. The first-order valence-corrected chi connectivity index (χ1v) is 12.0. The molecule has 0 spiro atoms. The van der Waals surface area contributed by atoms with Gasteiger partial charge in [0.05, 0.1) is 12.2 Å². The van der Waals surface area contributed by atoms with Gasteiger partial charge >= 0.3 is 0 Å². The third kappa shape index (κ3) is 5.23. The Labute approximate surface area is 190 Å². The molecule has 0 aliphatic carbocycles. The quantitative estimate of drug-likeness (QED) is 0.609. The van der Waals surface area contributed by atoms with E-state index in [4.69, 9.17) is 5.10 Å². The first kappa shape index (κ1) is 22.6. The van der Waals surface area contributed by atoms with E-state index in [1.807, 2.05) is 40.7 Å². The molecular formula is C24H36N6O2. The molecule has 4 rings (SSSR count). The molecule has 174 valence electrons. The van der Waals surface area contributed by atoms with E-state index in [0.29, 0.717) is 38.4 Å². The Bertz CT molecular complexity index is 933. The predicted molar refractivity (Wildman–Crippen MR) is 125 cm³/mol. The van der Waals surface area contributed by atoms with E-state index >= 15 is 0 Å². The molecule has 1 atom stereocenters. The third-order valence-electron chi connectivity index (χ3n) is 6.75. The van der Waals surface area contributed by atoms with Gasteiger partial charge in [0.1, 0.15) is 11.5 Å². The van der Waals surface area contributed by atoms with Crippen LogP contribution in [0.1, 0.15) is 51.9 Å². The second kappa shape index (κ2) is 10.3. The number of amides is 2. The molecule has 32 heavy (non-hydrogen) atoms. The van der Waals surface area contributed by atoms with Gasteiger partial charge < -0.3 is 14.8 Å². The summed E-state index contributed by atoms with van der Waals surface area (Å²) in [6.07, 6.45) is 8.41. The lowest BCUT2D eigenvalue weighted by molar-refractivity contribution is -0.122. The molecule has 8 nitrogen and oxygen atoms in total. The minimum atomic E-state index is 0.0687. The third-order valence-corrected chi connectivity index (χ3v) is 6.75. The molecule has 2 aliphatic heterocycles. The van der Waals surface area contributed by atoms with Crippen molar-refractivity contribution < 1.29 is 9.59 Å². The Morgan fingerprint density at radius 3 is 2.88 bits per heavy atom. The van der Waals surface area contributed by atoms with Crippen molar-refractivity contribution in [3.05, 3.63) is 24.4 Å². The Morgan fingerprint density at radius 1 is 1.22 bits per heavy atom. The van der Waals surface area contributed by atoms with E-state index < -0.39 is 0 Å². The number of aryl methyl sites for hydroxylation is 2. The van der Waals surface area contributed by atoms with Crippen molar-refractivity contribution in [1.82, 2.24) is 24.6 Å². The van der Waals surface area contributed by atoms with Crippen molar-refractivity contribution >= 4 is 17.6 Å². The number of fused-ring (bicyclic) bond motifs is 1. The fraction of sp³-hybridized carbons (Fsp3) is 0.625. The van der Waals surface area contributed by atoms with Crippen LogP contribution in [0, 0.1) is 0 Å². The van der Waals surface area contributed by atoms with Crippen molar-refractivity contribution in [1.29, 1.82) is 0 Å². The van der Waals surface area contributed by atoms with Crippen LogP contribution >= 0.6 is 0 Å². The topological polar surface area (TPSA) is 75.4 Å². The van der Waals surface area contributed by atoms with Gasteiger partial charge in [0.2, 0.25) is 11.8 Å². The summed E-state index contributed by atoms with van der Waals surface area (Å²) in [7, 11) is 1.99. The summed E-state index contributed by atoms with van der Waals surface area (Å²) in [6, 6.07) is 6.66. The van der Waals surface area contributed by atoms with Crippen molar-refractivity contribution in [2.45, 2.75) is 64.5 Å². The van der Waals surface area contributed by atoms with Crippen LogP contribution in [0.2, 0.25) is 0 Å². The standard InChI is InChI=1S/C24H36N6O2/c1-19-8-3-4-14-28(19)15-7-12-25-22(31)10-6-16-29-23-18-20(21-9-5-13-27(21)2)26-30(23)17-11-24(29)32/h5,9,13,18-19H,3-4,6-8,10-12,14-17H2,1-2H3,(H,25,31)/t19-/m0/s1. The zero-order valence-corrected chi connectivity index (χ0v) is 19.4. The number of piperidine rings is 1. The molecule has 0 saturated carbocycles. The van der Waals surface area contributed by atoms with Crippen molar-refractivity contribution in [2.24, 2.45) is 7.05 Å². The van der Waals surface area contributed by atoms with E-state index in [0.717, 1.165) is 36.7 Å². The molecule has 1 N–H and O–H groups in total. The molecule has 0 bridgehead atoms. The number of carbonyl (C=O) groups is 2. The van der Waals surface area contributed by atoms with Crippen molar-refractivity contribution in [2.75, 3.05) is 31.1 Å². The van der Waals surface area contributed by atoms with Crippen LogP contribution in [-0.4, -0.2) is 63.3 Å². The zero-order chi connectivity index (χ0) is 22.5. The van der Waals surface area contributed by atoms with E-state index in [-0.39, 0.29) is 11.8 Å². The molecule has 0 radical (unpaired) electrons. The van der Waals surface area contributed by atoms with Crippen LogP contribution in [0.15, 0.2) is 24.4 Å². The second-order valence-electron chi connectivity index (χ2n) is 9.10. The Kier molecular flexibility index (Phi) is 7.29. The van der Waals surface area contributed by atoms with E-state index in [9.17, 15) is 9.59 Å². The number of hydrogen-bond donors (Lipinski definition) is 1. The first-order valence-electron chi connectivity index (χ1n) is 12.0. The lowest BCUT2D eigenvalue weighted by Crippen LogP contribution is -2.39. The van der Waals surface area contributed by atoms with Crippen LogP contribution in [0.25, 0.3) is 11.4 Å². The summed E-state index contributed by atoms with van der Waals surface area (Å²) < 4.78 is 3.93. The maximum absolute atomic E-state index is 12.6. The highest BCUT2D eigenvalue weighted by Crippen LogP contribution is 2.28. The van der Waals surface area contributed by atoms with Crippen molar-refractivity contribution in [3.8, 4) is 11.4 Å². The number of rotatable bonds is 9. The van der Waals surface area contributed by atoms with Crippen LogP contribution in [0.5, 0.6) is 0 Å². The maximum atomic E-state index is 12.6. The minimum Gasteiger partial charge on any atom is -0.356 e. The molecule has 2 aliphatic rings. The normalized spacial score (nSPS) is 19.2. The average Bonchev–Trinajstić information content (AvgIpc) is 3.40. The Morgan fingerprint density at radius 2 is 2.09 bits per heavy atom. The summed E-state index contributed by atoms with van der Waals surface area (Å²) in [5.41, 5.74) is 1.89. The number of aromatic nitrogens is 3. The molecule has 2 aromatic rings. The first-order chi connectivity index (χ1) is 15.5. The number of anilines is 1. The smallest absolute Gasteiger partial charge is 0.229 e. The van der Waals surface area contributed by atoms with Gasteiger partial charge in [-0.05, 0) is 51.3 Å². The average molecular weight is 441 g/mol. The number of hydrogen-bond acceptors (Lipinski definition) is 4. The van der Waals surface area contributed by atoms with E-state index in [2.05, 4.69) is 17.1 Å². The molecule has 0 aromatic carbocycles. The molecule has 2 amide bonds. The van der Waals surface area contributed by atoms with E-state index in [1.165, 1.54) is 25.8 Å². The number of nitrogens with zero attached hydrogens (tertiary/aromatic N) is 5. The number of nitrogens with one attached hydrogen (secondary N) is 1. The predicted octanol–water partition coefficient (Wildman–Crippen LogP) is 2.79. The van der Waals surface area contributed by atoms with Gasteiger partial charge in [-0.15, -0.1) is 0 Å².